The average molecular weight is 654 g/mol. The van der Waals surface area contributed by atoms with E-state index in [1.54, 1.807) is 65.3 Å². The zero-order chi connectivity index (χ0) is 33.7. The van der Waals surface area contributed by atoms with E-state index in [0.29, 0.717) is 45.7 Å². The van der Waals surface area contributed by atoms with Gasteiger partial charge in [0.15, 0.2) is 5.78 Å². The predicted octanol–water partition coefficient (Wildman–Crippen LogP) is 7.05. The molecule has 0 atom stereocenters. The third kappa shape index (κ3) is 7.56. The molecule has 47 heavy (non-hydrogen) atoms. The monoisotopic (exact) mass is 653 g/mol. The second-order valence-electron chi connectivity index (χ2n) is 11.6. The van der Waals surface area contributed by atoms with Crippen LogP contribution in [0.2, 0.25) is 0 Å². The summed E-state index contributed by atoms with van der Waals surface area (Å²) in [6.45, 7) is 6.36. The fourth-order valence-electron chi connectivity index (χ4n) is 5.52. The maximum Gasteiger partial charge on any atom is 0.342 e. The van der Waals surface area contributed by atoms with Gasteiger partial charge in [0.05, 0.1) is 16.3 Å². The highest BCUT2D eigenvalue weighted by molar-refractivity contribution is 7.89. The number of aryl methyl sites for hydroxylation is 1. The first-order chi connectivity index (χ1) is 22.5. The van der Waals surface area contributed by atoms with Gasteiger partial charge < -0.3 is 4.74 Å². The SMILES string of the molecule is CCCn1nc(C(C)C)c(C(=O)OCc2cccc(C(=O)c3ccccc3)c2)c1Cc1ccc(-c2ccccc2S(N)(=O)=O)c(F)c1. The molecule has 0 aliphatic rings. The summed E-state index contributed by atoms with van der Waals surface area (Å²) >= 11 is 0. The van der Waals surface area contributed by atoms with Gasteiger partial charge in [-0.1, -0.05) is 99.6 Å². The van der Waals surface area contributed by atoms with Gasteiger partial charge in [0.1, 0.15) is 18.0 Å². The van der Waals surface area contributed by atoms with Crippen LogP contribution in [0.1, 0.15) is 81.9 Å². The molecule has 5 rings (SSSR count). The largest absolute Gasteiger partial charge is 0.457 e. The Hall–Kier alpha value is -4.93. The Balaban J connectivity index is 1.44. The summed E-state index contributed by atoms with van der Waals surface area (Å²) in [5.41, 5.74) is 4.02. The lowest BCUT2D eigenvalue weighted by Crippen LogP contribution is -2.14. The average Bonchev–Trinajstić information content (AvgIpc) is 3.41. The van der Waals surface area contributed by atoms with Gasteiger partial charge in [-0.2, -0.15) is 5.10 Å². The van der Waals surface area contributed by atoms with Crippen LogP contribution in [0.25, 0.3) is 11.1 Å². The first kappa shape index (κ1) is 33.4. The van der Waals surface area contributed by atoms with Gasteiger partial charge in [-0.05, 0) is 41.7 Å². The molecule has 1 aromatic heterocycles. The molecule has 0 unspecified atom stereocenters. The minimum Gasteiger partial charge on any atom is -0.457 e. The van der Waals surface area contributed by atoms with E-state index < -0.39 is 21.8 Å². The molecule has 0 aliphatic heterocycles. The Morgan fingerprint density at radius 1 is 0.872 bits per heavy atom. The number of aromatic nitrogens is 2. The zero-order valence-corrected chi connectivity index (χ0v) is 27.3. The molecular weight excluding hydrogens is 617 g/mol. The van der Waals surface area contributed by atoms with Crippen molar-refractivity contribution in [2.24, 2.45) is 5.14 Å². The molecule has 1 heterocycles. The fourth-order valence-corrected chi connectivity index (χ4v) is 6.27. The lowest BCUT2D eigenvalue weighted by Gasteiger charge is -2.13. The Morgan fingerprint density at radius 3 is 2.26 bits per heavy atom. The summed E-state index contributed by atoms with van der Waals surface area (Å²) in [7, 11) is -4.08. The Kier molecular flexibility index (Phi) is 10.1. The third-order valence-electron chi connectivity index (χ3n) is 7.76. The number of ketones is 1. The quantitative estimate of drug-likeness (QED) is 0.114. The van der Waals surface area contributed by atoms with Crippen LogP contribution in [0.3, 0.4) is 0 Å². The molecule has 8 nitrogen and oxygen atoms in total. The van der Waals surface area contributed by atoms with Gasteiger partial charge in [0, 0.05) is 35.2 Å². The molecule has 0 spiro atoms. The molecule has 0 fully saturated rings. The van der Waals surface area contributed by atoms with Gasteiger partial charge in [-0.25, -0.2) is 22.7 Å². The van der Waals surface area contributed by atoms with Crippen LogP contribution < -0.4 is 5.14 Å². The van der Waals surface area contributed by atoms with E-state index in [1.807, 2.05) is 26.8 Å². The van der Waals surface area contributed by atoms with Crippen molar-refractivity contribution in [2.45, 2.75) is 57.6 Å². The maximum absolute atomic E-state index is 15.6. The molecule has 0 aliphatic carbocycles. The number of carbonyl (C=O) groups is 2. The van der Waals surface area contributed by atoms with Crippen LogP contribution in [0.4, 0.5) is 4.39 Å². The third-order valence-corrected chi connectivity index (χ3v) is 8.72. The molecule has 0 saturated heterocycles. The van der Waals surface area contributed by atoms with Crippen molar-refractivity contribution in [1.82, 2.24) is 9.78 Å². The number of nitrogens with zero attached hydrogens (tertiary/aromatic N) is 2. The molecule has 5 aromatic rings. The molecule has 0 saturated carbocycles. The van der Waals surface area contributed by atoms with Crippen molar-refractivity contribution in [3.05, 3.63) is 142 Å². The fraction of sp³-hybridized carbons (Fsp3) is 0.216. The Labute approximate surface area is 274 Å². The molecule has 0 amide bonds. The molecule has 4 aromatic carbocycles. The number of nitrogens with two attached hydrogens (primary N) is 1. The number of halogens is 1. The van der Waals surface area contributed by atoms with Gasteiger partial charge in [-0.15, -0.1) is 0 Å². The second kappa shape index (κ2) is 14.2. The molecule has 10 heteroatoms. The number of benzene rings is 4. The van der Waals surface area contributed by atoms with E-state index in [1.165, 1.54) is 30.3 Å². The number of carbonyl (C=O) groups excluding carboxylic acids is 2. The first-order valence-corrected chi connectivity index (χ1v) is 16.9. The van der Waals surface area contributed by atoms with Gasteiger partial charge >= 0.3 is 5.97 Å². The minimum absolute atomic E-state index is 0.0581. The number of hydrogen-bond donors (Lipinski definition) is 1. The van der Waals surface area contributed by atoms with Crippen LogP contribution >= 0.6 is 0 Å². The number of rotatable bonds is 12. The van der Waals surface area contributed by atoms with Crippen LogP contribution in [-0.4, -0.2) is 30.0 Å². The summed E-state index contributed by atoms with van der Waals surface area (Å²) in [6.07, 6.45) is 0.930. The van der Waals surface area contributed by atoms with Gasteiger partial charge in [-0.3, -0.25) is 9.48 Å². The molecule has 242 valence electrons. The lowest BCUT2D eigenvalue weighted by molar-refractivity contribution is 0.0469. The number of primary sulfonamides is 1. The standard InChI is InChI=1S/C37H36FN3O5S/c1-4-19-41-32(22-25-17-18-29(31(38)21-25)30-15-8-9-16-33(30)47(39,44)45)34(35(40-41)24(2)3)37(43)46-23-26-11-10-14-28(20-26)36(42)27-12-6-5-7-13-27/h5-18,20-21,24H,4,19,22-23H2,1-3H3,(H2,39,44,45). The van der Waals surface area contributed by atoms with E-state index in [2.05, 4.69) is 0 Å². The number of esters is 1. The number of ether oxygens (including phenoxy) is 1. The zero-order valence-electron chi connectivity index (χ0n) is 26.4. The first-order valence-electron chi connectivity index (χ1n) is 15.3. The Morgan fingerprint density at radius 2 is 1.57 bits per heavy atom. The lowest BCUT2D eigenvalue weighted by atomic mass is 9.98. The highest BCUT2D eigenvalue weighted by Gasteiger charge is 2.27. The van der Waals surface area contributed by atoms with Crippen LogP contribution in [0.15, 0.2) is 102 Å². The van der Waals surface area contributed by atoms with Crippen molar-refractivity contribution in [1.29, 1.82) is 0 Å². The summed E-state index contributed by atoms with van der Waals surface area (Å²) in [5.74, 6) is -1.42. The molecular formula is C37H36FN3O5S. The van der Waals surface area contributed by atoms with E-state index in [-0.39, 0.29) is 40.8 Å². The number of sulfonamides is 1. The predicted molar refractivity (Wildman–Crippen MR) is 178 cm³/mol. The van der Waals surface area contributed by atoms with Gasteiger partial charge in [0.2, 0.25) is 10.0 Å². The molecule has 2 N–H and O–H groups in total. The van der Waals surface area contributed by atoms with Crippen molar-refractivity contribution >= 4 is 21.8 Å². The summed E-state index contributed by atoms with van der Waals surface area (Å²) in [4.78, 5) is 26.6. The van der Waals surface area contributed by atoms with Crippen molar-refractivity contribution in [3.63, 3.8) is 0 Å². The van der Waals surface area contributed by atoms with Crippen LogP contribution in [0.5, 0.6) is 0 Å². The second-order valence-corrected chi connectivity index (χ2v) is 13.1. The summed E-state index contributed by atoms with van der Waals surface area (Å²) in [6, 6.07) is 26.5. The highest BCUT2D eigenvalue weighted by atomic mass is 32.2. The van der Waals surface area contributed by atoms with E-state index in [9.17, 15) is 18.0 Å². The minimum atomic E-state index is -4.08. The molecule has 0 radical (unpaired) electrons. The maximum atomic E-state index is 15.6. The highest BCUT2D eigenvalue weighted by Crippen LogP contribution is 2.31. The van der Waals surface area contributed by atoms with Crippen LogP contribution in [-0.2, 0) is 34.3 Å². The summed E-state index contributed by atoms with van der Waals surface area (Å²) < 4.78 is 47.4. The van der Waals surface area contributed by atoms with E-state index in [4.69, 9.17) is 15.0 Å². The van der Waals surface area contributed by atoms with Crippen LogP contribution in [0, 0.1) is 5.82 Å². The van der Waals surface area contributed by atoms with Crippen molar-refractivity contribution in [2.75, 3.05) is 0 Å². The van der Waals surface area contributed by atoms with Crippen molar-refractivity contribution in [3.8, 4) is 11.1 Å². The molecule has 0 bridgehead atoms. The van der Waals surface area contributed by atoms with E-state index >= 15 is 4.39 Å². The summed E-state index contributed by atoms with van der Waals surface area (Å²) in [5, 5.41) is 10.1. The smallest absolute Gasteiger partial charge is 0.342 e. The van der Waals surface area contributed by atoms with Crippen molar-refractivity contribution < 1.29 is 27.1 Å². The normalized spacial score (nSPS) is 11.5. The van der Waals surface area contributed by atoms with E-state index in [0.717, 1.165) is 6.42 Å². The van der Waals surface area contributed by atoms with Gasteiger partial charge in [0.25, 0.3) is 0 Å². The topological polar surface area (TPSA) is 121 Å². The Bertz CT molecular complexity index is 2040. The number of hydrogen-bond acceptors (Lipinski definition) is 6.